The summed E-state index contributed by atoms with van der Waals surface area (Å²) in [4.78, 5) is 0. The van der Waals surface area contributed by atoms with Crippen LogP contribution in [0.3, 0.4) is 0 Å². The molecule has 3 rings (SSSR count). The van der Waals surface area contributed by atoms with Crippen molar-refractivity contribution in [2.45, 2.75) is 20.3 Å². The van der Waals surface area contributed by atoms with Crippen LogP contribution in [0.25, 0.3) is 27.9 Å². The maximum atomic E-state index is 4.41. The van der Waals surface area contributed by atoms with Crippen molar-refractivity contribution >= 4 is 16.5 Å². The van der Waals surface area contributed by atoms with Crippen LogP contribution in [0, 0.1) is 0 Å². The van der Waals surface area contributed by atoms with E-state index < -0.39 is 0 Å². The van der Waals surface area contributed by atoms with E-state index in [1.54, 1.807) is 0 Å². The molecule has 0 bridgehead atoms. The van der Waals surface area contributed by atoms with Crippen molar-refractivity contribution in [3.05, 3.63) is 42.4 Å². The highest BCUT2D eigenvalue weighted by Gasteiger charge is 2.14. The second kappa shape index (κ2) is 5.20. The molecule has 0 aliphatic rings. The molecule has 3 aromatic rings. The number of rotatable bonds is 3. The summed E-state index contributed by atoms with van der Waals surface area (Å²) >= 11 is 0. The van der Waals surface area contributed by atoms with E-state index in [9.17, 15) is 0 Å². The highest BCUT2D eigenvalue weighted by Crippen LogP contribution is 2.28. The fourth-order valence-electron chi connectivity index (χ4n) is 2.80. The molecule has 108 valence electrons. The fraction of sp³-hybridized carbons (Fsp3) is 0.294. The zero-order valence-electron chi connectivity index (χ0n) is 13.0. The van der Waals surface area contributed by atoms with Crippen LogP contribution in [0.4, 0.5) is 0 Å². The average Bonchev–Trinajstić information content (AvgIpc) is 3.03. The first-order valence-corrected chi connectivity index (χ1v) is 7.24. The third kappa shape index (κ3) is 2.17. The number of allylic oxidation sites excluding steroid dienone is 2. The van der Waals surface area contributed by atoms with Crippen LogP contribution in [-0.2, 0) is 14.1 Å². The molecule has 0 radical (unpaired) electrons. The van der Waals surface area contributed by atoms with Crippen molar-refractivity contribution in [3.63, 3.8) is 0 Å². The molecule has 0 aliphatic heterocycles. The molecule has 0 unspecified atom stereocenters. The van der Waals surface area contributed by atoms with Gasteiger partial charge in [0.2, 0.25) is 0 Å². The largest absolute Gasteiger partial charge is 0.351 e. The monoisotopic (exact) mass is 280 g/mol. The molecule has 0 saturated heterocycles. The van der Waals surface area contributed by atoms with Gasteiger partial charge in [-0.05, 0) is 31.1 Å². The minimum Gasteiger partial charge on any atom is -0.351 e. The summed E-state index contributed by atoms with van der Waals surface area (Å²) in [7, 11) is 4.09. The Morgan fingerprint density at radius 3 is 2.76 bits per heavy atom. The standard InChI is InChI=1S/C17H20N4/c1-5-7-12(2)16-18-19-17(21(16)4)14-8-6-9-15-13(14)10-11-20(15)3/h6-11H,5H2,1-4H3/b12-7+. The molecule has 0 aliphatic carbocycles. The minimum absolute atomic E-state index is 0.908. The lowest BCUT2D eigenvalue weighted by Gasteiger charge is -2.06. The molecule has 0 spiro atoms. The summed E-state index contributed by atoms with van der Waals surface area (Å²) in [5, 5.41) is 9.98. The number of aromatic nitrogens is 4. The third-order valence-electron chi connectivity index (χ3n) is 3.91. The Hall–Kier alpha value is -2.36. The first-order chi connectivity index (χ1) is 10.1. The molecule has 21 heavy (non-hydrogen) atoms. The van der Waals surface area contributed by atoms with Crippen LogP contribution in [0.15, 0.2) is 36.5 Å². The lowest BCUT2D eigenvalue weighted by Crippen LogP contribution is -1.98. The van der Waals surface area contributed by atoms with E-state index in [-0.39, 0.29) is 0 Å². The van der Waals surface area contributed by atoms with Crippen LogP contribution in [0.1, 0.15) is 26.1 Å². The molecule has 4 nitrogen and oxygen atoms in total. The van der Waals surface area contributed by atoms with E-state index >= 15 is 0 Å². The molecule has 1 aromatic carbocycles. The van der Waals surface area contributed by atoms with Crippen LogP contribution >= 0.6 is 0 Å². The van der Waals surface area contributed by atoms with E-state index in [0.29, 0.717) is 0 Å². The van der Waals surface area contributed by atoms with Gasteiger partial charge in [-0.25, -0.2) is 0 Å². The Morgan fingerprint density at radius 1 is 1.19 bits per heavy atom. The SMILES string of the molecule is CC/C=C(\C)c1nnc(-c2cccc3c2ccn3C)n1C. The lowest BCUT2D eigenvalue weighted by atomic mass is 10.1. The number of hydrogen-bond acceptors (Lipinski definition) is 2. The van der Waals surface area contributed by atoms with Crippen LogP contribution in [0.5, 0.6) is 0 Å². The van der Waals surface area contributed by atoms with Gasteiger partial charge in [-0.2, -0.15) is 0 Å². The molecule has 0 N–H and O–H groups in total. The van der Waals surface area contributed by atoms with Gasteiger partial charge in [-0.3, -0.25) is 0 Å². The molecular formula is C17H20N4. The molecule has 0 atom stereocenters. The van der Waals surface area contributed by atoms with E-state index in [1.165, 1.54) is 16.5 Å². The molecule has 0 fully saturated rings. The van der Waals surface area contributed by atoms with Gasteiger partial charge in [0, 0.05) is 36.8 Å². The first-order valence-electron chi connectivity index (χ1n) is 7.24. The van der Waals surface area contributed by atoms with Crippen molar-refractivity contribution in [3.8, 4) is 11.4 Å². The van der Waals surface area contributed by atoms with Crippen molar-refractivity contribution in [2.75, 3.05) is 0 Å². The van der Waals surface area contributed by atoms with Crippen LogP contribution < -0.4 is 0 Å². The van der Waals surface area contributed by atoms with E-state index in [2.05, 4.69) is 76.8 Å². The van der Waals surface area contributed by atoms with Gasteiger partial charge in [0.15, 0.2) is 11.6 Å². The summed E-state index contributed by atoms with van der Waals surface area (Å²) in [6.45, 7) is 4.21. The smallest absolute Gasteiger partial charge is 0.164 e. The van der Waals surface area contributed by atoms with E-state index in [4.69, 9.17) is 0 Å². The second-order valence-electron chi connectivity index (χ2n) is 5.37. The number of nitrogens with zero attached hydrogens (tertiary/aromatic N) is 4. The van der Waals surface area contributed by atoms with Crippen molar-refractivity contribution in [2.24, 2.45) is 14.1 Å². The van der Waals surface area contributed by atoms with Crippen LogP contribution in [-0.4, -0.2) is 19.3 Å². The maximum Gasteiger partial charge on any atom is 0.164 e. The van der Waals surface area contributed by atoms with Gasteiger partial charge in [0.05, 0.1) is 0 Å². The summed E-state index contributed by atoms with van der Waals surface area (Å²) in [5.74, 6) is 1.84. The number of benzene rings is 1. The second-order valence-corrected chi connectivity index (χ2v) is 5.37. The van der Waals surface area contributed by atoms with Gasteiger partial charge in [0.25, 0.3) is 0 Å². The summed E-state index contributed by atoms with van der Waals surface area (Å²) in [5.41, 5.74) is 3.50. The van der Waals surface area contributed by atoms with E-state index in [0.717, 1.165) is 23.6 Å². The number of hydrogen-bond donors (Lipinski definition) is 0. The first kappa shape index (κ1) is 13.6. The van der Waals surface area contributed by atoms with Crippen molar-refractivity contribution in [1.29, 1.82) is 0 Å². The number of fused-ring (bicyclic) bond motifs is 1. The van der Waals surface area contributed by atoms with Crippen LogP contribution in [0.2, 0.25) is 0 Å². The van der Waals surface area contributed by atoms with Gasteiger partial charge < -0.3 is 9.13 Å². The Balaban J connectivity index is 2.18. The fourth-order valence-corrected chi connectivity index (χ4v) is 2.80. The van der Waals surface area contributed by atoms with Gasteiger partial charge in [0.1, 0.15) is 0 Å². The predicted octanol–water partition coefficient (Wildman–Crippen LogP) is 3.79. The molecule has 0 amide bonds. The zero-order chi connectivity index (χ0) is 15.0. The zero-order valence-corrected chi connectivity index (χ0v) is 13.0. The van der Waals surface area contributed by atoms with Crippen molar-refractivity contribution in [1.82, 2.24) is 19.3 Å². The molecule has 0 saturated carbocycles. The van der Waals surface area contributed by atoms with Gasteiger partial charge in [-0.1, -0.05) is 25.1 Å². The normalized spacial score (nSPS) is 12.3. The van der Waals surface area contributed by atoms with Gasteiger partial charge >= 0.3 is 0 Å². The summed E-state index contributed by atoms with van der Waals surface area (Å²) < 4.78 is 4.20. The predicted molar refractivity (Wildman–Crippen MR) is 86.9 cm³/mol. The summed E-state index contributed by atoms with van der Waals surface area (Å²) in [6, 6.07) is 8.43. The van der Waals surface area contributed by atoms with Crippen molar-refractivity contribution < 1.29 is 0 Å². The topological polar surface area (TPSA) is 35.6 Å². The molecule has 2 heterocycles. The molecule has 4 heteroatoms. The lowest BCUT2D eigenvalue weighted by molar-refractivity contribution is 0.895. The molecular weight excluding hydrogens is 260 g/mol. The highest BCUT2D eigenvalue weighted by molar-refractivity contribution is 5.94. The molecule has 2 aromatic heterocycles. The number of aryl methyl sites for hydroxylation is 1. The average molecular weight is 280 g/mol. The van der Waals surface area contributed by atoms with E-state index in [1.807, 2.05) is 7.05 Å². The minimum atomic E-state index is 0.908. The van der Waals surface area contributed by atoms with Gasteiger partial charge in [-0.15, -0.1) is 10.2 Å². The Morgan fingerprint density at radius 2 is 2.00 bits per heavy atom. The quantitative estimate of drug-likeness (QED) is 0.731. The maximum absolute atomic E-state index is 4.41. The third-order valence-corrected chi connectivity index (χ3v) is 3.91. The summed E-state index contributed by atoms with van der Waals surface area (Å²) in [6.07, 6.45) is 5.26. The highest BCUT2D eigenvalue weighted by atomic mass is 15.3. The Bertz CT molecular complexity index is 821. The Labute approximate surface area is 124 Å². The Kier molecular flexibility index (Phi) is 3.37.